The molecule has 1 fully saturated rings. The summed E-state index contributed by atoms with van der Waals surface area (Å²) in [5, 5.41) is 3.54. The van der Waals surface area contributed by atoms with E-state index in [0.29, 0.717) is 6.04 Å². The normalized spacial score (nSPS) is 27.0. The van der Waals surface area contributed by atoms with Crippen molar-refractivity contribution >= 4 is 27.3 Å². The van der Waals surface area contributed by atoms with Crippen molar-refractivity contribution in [1.82, 2.24) is 5.32 Å². The fourth-order valence-corrected chi connectivity index (χ4v) is 4.74. The van der Waals surface area contributed by atoms with Gasteiger partial charge in [-0.25, -0.2) is 0 Å². The molecule has 1 nitrogen and oxygen atoms in total. The second-order valence-electron chi connectivity index (χ2n) is 5.11. The first-order chi connectivity index (χ1) is 8.24. The van der Waals surface area contributed by atoms with E-state index in [0.717, 1.165) is 11.8 Å². The maximum atomic E-state index is 3.57. The number of halogens is 1. The molecule has 0 saturated heterocycles. The summed E-state index contributed by atoms with van der Waals surface area (Å²) in [6.07, 6.45) is 6.99. The first kappa shape index (κ1) is 13.6. The molecule has 3 atom stereocenters. The Morgan fingerprint density at radius 3 is 2.88 bits per heavy atom. The molecule has 0 spiro atoms. The van der Waals surface area contributed by atoms with E-state index < -0.39 is 0 Å². The molecule has 2 rings (SSSR count). The summed E-state index contributed by atoms with van der Waals surface area (Å²) in [6.45, 7) is 2.34. The third-order valence-electron chi connectivity index (χ3n) is 4.08. The number of thiophene rings is 1. The van der Waals surface area contributed by atoms with Crippen molar-refractivity contribution in [3.05, 3.63) is 20.8 Å². The van der Waals surface area contributed by atoms with Crippen LogP contribution in [0, 0.1) is 11.8 Å². The summed E-state index contributed by atoms with van der Waals surface area (Å²) in [5.41, 5.74) is 0. The van der Waals surface area contributed by atoms with E-state index in [4.69, 9.17) is 0 Å². The van der Waals surface area contributed by atoms with Crippen LogP contribution in [0.4, 0.5) is 0 Å². The van der Waals surface area contributed by atoms with Crippen LogP contribution in [-0.4, -0.2) is 7.05 Å². The molecule has 1 aromatic rings. The van der Waals surface area contributed by atoms with Crippen LogP contribution in [0.15, 0.2) is 15.9 Å². The molecule has 1 N–H and O–H groups in total. The molecule has 0 bridgehead atoms. The Morgan fingerprint density at radius 2 is 2.29 bits per heavy atom. The van der Waals surface area contributed by atoms with Gasteiger partial charge in [0.2, 0.25) is 0 Å². The van der Waals surface area contributed by atoms with Gasteiger partial charge < -0.3 is 5.32 Å². The standard InChI is InChI=1S/C14H22BrNS/c1-3-10-5-4-6-11(9-10)14(16-2)12-7-8-13(15)17-12/h7-8,10-11,14,16H,3-6,9H2,1-2H3. The van der Waals surface area contributed by atoms with Crippen LogP contribution in [0.1, 0.15) is 49.9 Å². The molecule has 3 unspecified atom stereocenters. The van der Waals surface area contributed by atoms with Gasteiger partial charge in [0.05, 0.1) is 3.79 Å². The zero-order chi connectivity index (χ0) is 12.3. The first-order valence-corrected chi connectivity index (χ1v) is 8.28. The maximum Gasteiger partial charge on any atom is 0.0701 e. The lowest BCUT2D eigenvalue weighted by Crippen LogP contribution is -2.28. The topological polar surface area (TPSA) is 12.0 Å². The Bertz CT molecular complexity index is 350. The molecule has 1 aromatic heterocycles. The van der Waals surface area contributed by atoms with E-state index in [1.165, 1.54) is 40.8 Å². The zero-order valence-corrected chi connectivity index (χ0v) is 13.1. The third kappa shape index (κ3) is 3.33. The minimum atomic E-state index is 0.556. The smallest absolute Gasteiger partial charge is 0.0701 e. The molecule has 1 saturated carbocycles. The van der Waals surface area contributed by atoms with E-state index in [2.05, 4.69) is 47.4 Å². The Hall–Kier alpha value is 0.140. The Balaban J connectivity index is 2.07. The minimum absolute atomic E-state index is 0.556. The Kier molecular flexibility index (Phi) is 5.07. The van der Waals surface area contributed by atoms with Crippen LogP contribution in [0.5, 0.6) is 0 Å². The highest BCUT2D eigenvalue weighted by molar-refractivity contribution is 9.11. The lowest BCUT2D eigenvalue weighted by molar-refractivity contribution is 0.216. The molecule has 0 amide bonds. The molecule has 96 valence electrons. The number of nitrogens with one attached hydrogen (secondary N) is 1. The molecular weight excluding hydrogens is 294 g/mol. The molecule has 1 aliphatic carbocycles. The van der Waals surface area contributed by atoms with E-state index in [1.807, 2.05) is 11.3 Å². The third-order valence-corrected chi connectivity index (χ3v) is 5.79. The summed E-state index contributed by atoms with van der Waals surface area (Å²) < 4.78 is 1.25. The highest BCUT2D eigenvalue weighted by atomic mass is 79.9. The molecule has 0 radical (unpaired) electrons. The van der Waals surface area contributed by atoms with Crippen molar-refractivity contribution < 1.29 is 0 Å². The lowest BCUT2D eigenvalue weighted by atomic mass is 9.76. The summed E-state index contributed by atoms with van der Waals surface area (Å²) >= 11 is 5.45. The quantitative estimate of drug-likeness (QED) is 0.825. The van der Waals surface area contributed by atoms with Crippen molar-refractivity contribution in [3.63, 3.8) is 0 Å². The molecule has 3 heteroatoms. The Morgan fingerprint density at radius 1 is 1.47 bits per heavy atom. The molecule has 0 aliphatic heterocycles. The van der Waals surface area contributed by atoms with E-state index in [-0.39, 0.29) is 0 Å². The SMILES string of the molecule is CCC1CCCC(C(NC)c2ccc(Br)s2)C1. The fraction of sp³-hybridized carbons (Fsp3) is 0.714. The van der Waals surface area contributed by atoms with Crippen LogP contribution in [-0.2, 0) is 0 Å². The van der Waals surface area contributed by atoms with E-state index in [9.17, 15) is 0 Å². The fourth-order valence-electron chi connectivity index (χ4n) is 3.11. The summed E-state index contributed by atoms with van der Waals surface area (Å²) in [5.74, 6) is 1.78. The summed E-state index contributed by atoms with van der Waals surface area (Å²) in [4.78, 5) is 1.49. The van der Waals surface area contributed by atoms with Gasteiger partial charge >= 0.3 is 0 Å². The highest BCUT2D eigenvalue weighted by Crippen LogP contribution is 2.40. The van der Waals surface area contributed by atoms with Crippen LogP contribution in [0.3, 0.4) is 0 Å². The van der Waals surface area contributed by atoms with E-state index in [1.54, 1.807) is 0 Å². The van der Waals surface area contributed by atoms with Gasteiger partial charge in [0.25, 0.3) is 0 Å². The average molecular weight is 316 g/mol. The molecular formula is C14H22BrNS. The number of rotatable bonds is 4. The summed E-state index contributed by atoms with van der Waals surface area (Å²) in [7, 11) is 2.11. The largest absolute Gasteiger partial charge is 0.312 e. The van der Waals surface area contributed by atoms with Crippen molar-refractivity contribution in [2.45, 2.75) is 45.1 Å². The molecule has 17 heavy (non-hydrogen) atoms. The number of hydrogen-bond acceptors (Lipinski definition) is 2. The molecule has 1 heterocycles. The number of hydrogen-bond donors (Lipinski definition) is 1. The second kappa shape index (κ2) is 6.35. The molecule has 1 aliphatic rings. The van der Waals surface area contributed by atoms with Crippen molar-refractivity contribution in [3.8, 4) is 0 Å². The van der Waals surface area contributed by atoms with Crippen molar-refractivity contribution in [2.75, 3.05) is 7.05 Å². The second-order valence-corrected chi connectivity index (χ2v) is 7.60. The van der Waals surface area contributed by atoms with Gasteiger partial charge in [0.1, 0.15) is 0 Å². The predicted octanol–water partition coefficient (Wildman–Crippen LogP) is 4.99. The van der Waals surface area contributed by atoms with Gasteiger partial charge in [-0.1, -0.05) is 26.2 Å². The first-order valence-electron chi connectivity index (χ1n) is 6.67. The monoisotopic (exact) mass is 315 g/mol. The Labute approximate surface area is 117 Å². The van der Waals surface area contributed by atoms with Crippen LogP contribution in [0.2, 0.25) is 0 Å². The summed E-state index contributed by atoms with van der Waals surface area (Å²) in [6, 6.07) is 5.00. The predicted molar refractivity (Wildman–Crippen MR) is 79.6 cm³/mol. The van der Waals surface area contributed by atoms with Gasteiger partial charge in [-0.05, 0) is 59.8 Å². The van der Waals surface area contributed by atoms with E-state index >= 15 is 0 Å². The van der Waals surface area contributed by atoms with Gasteiger partial charge in [-0.2, -0.15) is 0 Å². The van der Waals surface area contributed by atoms with Gasteiger partial charge in [0, 0.05) is 10.9 Å². The van der Waals surface area contributed by atoms with Crippen molar-refractivity contribution in [2.24, 2.45) is 11.8 Å². The van der Waals surface area contributed by atoms with Crippen LogP contribution in [0.25, 0.3) is 0 Å². The van der Waals surface area contributed by atoms with Gasteiger partial charge in [-0.3, -0.25) is 0 Å². The highest BCUT2D eigenvalue weighted by Gasteiger charge is 2.28. The van der Waals surface area contributed by atoms with Crippen LogP contribution >= 0.6 is 27.3 Å². The maximum absolute atomic E-state index is 3.57. The van der Waals surface area contributed by atoms with Gasteiger partial charge in [-0.15, -0.1) is 11.3 Å². The van der Waals surface area contributed by atoms with Crippen LogP contribution < -0.4 is 5.32 Å². The van der Waals surface area contributed by atoms with Crippen molar-refractivity contribution in [1.29, 1.82) is 0 Å². The van der Waals surface area contributed by atoms with Gasteiger partial charge in [0.15, 0.2) is 0 Å². The zero-order valence-electron chi connectivity index (χ0n) is 10.7. The minimum Gasteiger partial charge on any atom is -0.312 e. The molecule has 0 aromatic carbocycles. The lowest BCUT2D eigenvalue weighted by Gasteiger charge is -2.33. The average Bonchev–Trinajstić information content (AvgIpc) is 2.77.